The van der Waals surface area contributed by atoms with E-state index in [1.165, 1.54) is 0 Å². The van der Waals surface area contributed by atoms with Crippen LogP contribution in [0.3, 0.4) is 0 Å². The minimum absolute atomic E-state index is 0.655. The minimum atomic E-state index is 0.655. The fourth-order valence-electron chi connectivity index (χ4n) is 2.11. The van der Waals surface area contributed by atoms with E-state index in [-0.39, 0.29) is 0 Å². The summed E-state index contributed by atoms with van der Waals surface area (Å²) in [6.07, 6.45) is 0. The van der Waals surface area contributed by atoms with Gasteiger partial charge in [0.05, 0.1) is 12.8 Å². The number of nitrogens with zero attached hydrogens (tertiary/aromatic N) is 1. The number of aromatic nitrogens is 2. The van der Waals surface area contributed by atoms with Crippen LogP contribution < -0.4 is 4.74 Å². The minimum Gasteiger partial charge on any atom is -0.497 e. The molecule has 0 amide bonds. The highest BCUT2D eigenvalue weighted by Gasteiger charge is 2.07. The van der Waals surface area contributed by atoms with Crippen LogP contribution in [0, 0.1) is 4.64 Å². The number of nitrogens with one attached hydrogen (secondary N) is 1. The first kappa shape index (κ1) is 11.9. The van der Waals surface area contributed by atoms with E-state index in [0.717, 1.165) is 27.8 Å². The molecule has 3 rings (SSSR count). The lowest BCUT2D eigenvalue weighted by Crippen LogP contribution is -1.92. The first-order chi connectivity index (χ1) is 9.29. The van der Waals surface area contributed by atoms with Crippen molar-refractivity contribution < 1.29 is 4.74 Å². The second-order valence-corrected chi connectivity index (χ2v) is 4.59. The zero-order valence-electron chi connectivity index (χ0n) is 10.4. The maximum Gasteiger partial charge on any atom is 0.127 e. The van der Waals surface area contributed by atoms with Crippen LogP contribution in [0.1, 0.15) is 0 Å². The Kier molecular flexibility index (Phi) is 3.01. The molecule has 0 unspecified atom stereocenters. The third kappa shape index (κ3) is 2.11. The number of fused-ring (bicyclic) bond motifs is 1. The first-order valence-corrected chi connectivity index (χ1v) is 6.32. The van der Waals surface area contributed by atoms with Crippen LogP contribution in [-0.2, 0) is 0 Å². The number of ether oxygens (including phenoxy) is 1. The molecule has 0 saturated carbocycles. The molecule has 1 aromatic heterocycles. The Hall–Kier alpha value is -2.20. The van der Waals surface area contributed by atoms with Crippen molar-refractivity contribution in [3.05, 3.63) is 53.2 Å². The lowest BCUT2D eigenvalue weighted by Gasteiger charge is -2.07. The molecule has 0 saturated heterocycles. The molecule has 1 heterocycles. The predicted molar refractivity (Wildman–Crippen MR) is 78.9 cm³/mol. The number of hydrogen-bond acceptors (Lipinski definition) is 3. The Labute approximate surface area is 115 Å². The molecule has 0 aliphatic rings. The van der Waals surface area contributed by atoms with E-state index >= 15 is 0 Å². The highest BCUT2D eigenvalue weighted by Crippen LogP contribution is 2.28. The summed E-state index contributed by atoms with van der Waals surface area (Å²) in [6, 6.07) is 15.8. The van der Waals surface area contributed by atoms with Gasteiger partial charge in [-0.2, -0.15) is 5.10 Å². The van der Waals surface area contributed by atoms with Gasteiger partial charge in [0.15, 0.2) is 0 Å². The Balaban J connectivity index is 2.31. The number of benzene rings is 2. The van der Waals surface area contributed by atoms with Crippen molar-refractivity contribution in [2.24, 2.45) is 0 Å². The molecule has 0 atom stereocenters. The Morgan fingerprint density at radius 3 is 2.63 bits per heavy atom. The number of aromatic amines is 1. The average Bonchev–Trinajstić information content (AvgIpc) is 2.48. The largest absolute Gasteiger partial charge is 0.497 e. The zero-order chi connectivity index (χ0) is 13.2. The van der Waals surface area contributed by atoms with Crippen LogP contribution in [0.4, 0.5) is 0 Å². The number of rotatable bonds is 2. The maximum atomic E-state index is 5.27. The van der Waals surface area contributed by atoms with Gasteiger partial charge in [0.25, 0.3) is 0 Å². The van der Waals surface area contributed by atoms with Gasteiger partial charge in [-0.25, -0.2) is 0 Å². The second-order valence-electron chi connectivity index (χ2n) is 4.18. The average molecular weight is 268 g/mol. The SMILES string of the molecule is COc1cccc(-c2n[nH]c(=S)c3ccccc23)c1. The molecule has 0 fully saturated rings. The lowest BCUT2D eigenvalue weighted by atomic mass is 10.1. The van der Waals surface area contributed by atoms with Crippen molar-refractivity contribution in [1.29, 1.82) is 0 Å². The molecule has 94 valence electrons. The second kappa shape index (κ2) is 4.82. The number of hydrogen-bond donors (Lipinski definition) is 1. The van der Waals surface area contributed by atoms with Crippen molar-refractivity contribution in [2.75, 3.05) is 7.11 Å². The molecule has 4 heteroatoms. The highest BCUT2D eigenvalue weighted by molar-refractivity contribution is 7.71. The quantitative estimate of drug-likeness (QED) is 0.715. The summed E-state index contributed by atoms with van der Waals surface area (Å²) in [5.41, 5.74) is 1.88. The molecule has 2 aromatic carbocycles. The fourth-order valence-corrected chi connectivity index (χ4v) is 2.33. The summed E-state index contributed by atoms with van der Waals surface area (Å²) in [4.78, 5) is 0. The molecular formula is C15H12N2OS. The molecule has 0 aliphatic carbocycles. The molecule has 3 aromatic rings. The van der Waals surface area contributed by atoms with E-state index in [9.17, 15) is 0 Å². The third-order valence-corrected chi connectivity index (χ3v) is 3.35. The van der Waals surface area contributed by atoms with Gasteiger partial charge in [0, 0.05) is 16.3 Å². The first-order valence-electron chi connectivity index (χ1n) is 5.91. The van der Waals surface area contributed by atoms with Crippen LogP contribution in [0.15, 0.2) is 48.5 Å². The van der Waals surface area contributed by atoms with Gasteiger partial charge in [-0.05, 0) is 12.1 Å². The fraction of sp³-hybridized carbons (Fsp3) is 0.0667. The van der Waals surface area contributed by atoms with Crippen LogP contribution >= 0.6 is 12.2 Å². The van der Waals surface area contributed by atoms with E-state index in [2.05, 4.69) is 10.2 Å². The van der Waals surface area contributed by atoms with Crippen molar-refractivity contribution in [2.45, 2.75) is 0 Å². The van der Waals surface area contributed by atoms with Crippen molar-refractivity contribution in [3.63, 3.8) is 0 Å². The van der Waals surface area contributed by atoms with Gasteiger partial charge in [-0.15, -0.1) is 0 Å². The van der Waals surface area contributed by atoms with E-state index in [1.807, 2.05) is 48.5 Å². The maximum absolute atomic E-state index is 5.27. The van der Waals surface area contributed by atoms with Crippen LogP contribution in [0.5, 0.6) is 5.75 Å². The number of H-pyrrole nitrogens is 1. The molecule has 0 spiro atoms. The smallest absolute Gasteiger partial charge is 0.127 e. The summed E-state index contributed by atoms with van der Waals surface area (Å²) in [7, 11) is 1.66. The molecule has 0 radical (unpaired) electrons. The van der Waals surface area contributed by atoms with Crippen molar-refractivity contribution >= 4 is 23.0 Å². The summed E-state index contributed by atoms with van der Waals surface area (Å²) in [6.45, 7) is 0. The molecule has 1 N–H and O–H groups in total. The zero-order valence-corrected chi connectivity index (χ0v) is 11.2. The Morgan fingerprint density at radius 2 is 1.84 bits per heavy atom. The molecular weight excluding hydrogens is 256 g/mol. The highest BCUT2D eigenvalue weighted by atomic mass is 32.1. The standard InChI is InChI=1S/C15H12N2OS/c1-18-11-6-4-5-10(9-11)14-12-7-2-3-8-13(12)15(19)17-16-14/h2-9H,1H3,(H,17,19). The van der Waals surface area contributed by atoms with E-state index in [0.29, 0.717) is 4.64 Å². The van der Waals surface area contributed by atoms with E-state index in [4.69, 9.17) is 17.0 Å². The summed E-state index contributed by atoms with van der Waals surface area (Å²) < 4.78 is 5.91. The molecule has 0 aliphatic heterocycles. The Bertz CT molecular complexity index is 795. The van der Waals surface area contributed by atoms with Crippen molar-refractivity contribution in [1.82, 2.24) is 10.2 Å². The van der Waals surface area contributed by atoms with Gasteiger partial charge in [0.1, 0.15) is 10.4 Å². The molecule has 19 heavy (non-hydrogen) atoms. The summed E-state index contributed by atoms with van der Waals surface area (Å²) in [5.74, 6) is 0.811. The normalized spacial score (nSPS) is 10.6. The summed E-state index contributed by atoms with van der Waals surface area (Å²) in [5, 5.41) is 9.32. The van der Waals surface area contributed by atoms with Gasteiger partial charge < -0.3 is 4.74 Å². The topological polar surface area (TPSA) is 37.9 Å². The molecule has 3 nitrogen and oxygen atoms in total. The van der Waals surface area contributed by atoms with E-state index < -0.39 is 0 Å². The number of methoxy groups -OCH3 is 1. The lowest BCUT2D eigenvalue weighted by molar-refractivity contribution is 0.415. The van der Waals surface area contributed by atoms with Gasteiger partial charge in [-0.1, -0.05) is 48.6 Å². The van der Waals surface area contributed by atoms with E-state index in [1.54, 1.807) is 7.11 Å². The third-order valence-electron chi connectivity index (χ3n) is 3.04. The summed E-state index contributed by atoms with van der Waals surface area (Å²) >= 11 is 5.27. The van der Waals surface area contributed by atoms with Crippen LogP contribution in [0.25, 0.3) is 22.0 Å². The van der Waals surface area contributed by atoms with Gasteiger partial charge >= 0.3 is 0 Å². The molecule has 0 bridgehead atoms. The van der Waals surface area contributed by atoms with Gasteiger partial charge in [-0.3, -0.25) is 5.10 Å². The Morgan fingerprint density at radius 1 is 1.05 bits per heavy atom. The predicted octanol–water partition coefficient (Wildman–Crippen LogP) is 3.97. The van der Waals surface area contributed by atoms with Crippen LogP contribution in [0.2, 0.25) is 0 Å². The van der Waals surface area contributed by atoms with Crippen molar-refractivity contribution in [3.8, 4) is 17.0 Å². The van der Waals surface area contributed by atoms with Crippen LogP contribution in [-0.4, -0.2) is 17.3 Å². The van der Waals surface area contributed by atoms with Gasteiger partial charge in [0.2, 0.25) is 0 Å². The monoisotopic (exact) mass is 268 g/mol.